The molecule has 3 aromatic rings. The molecule has 1 aliphatic rings. The molecule has 0 aliphatic carbocycles. The number of hydrogen-bond donors (Lipinski definition) is 0. The van der Waals surface area contributed by atoms with Crippen molar-refractivity contribution < 1.29 is 9.59 Å². The first-order chi connectivity index (χ1) is 17.5. The summed E-state index contributed by atoms with van der Waals surface area (Å²) in [7, 11) is 0. The smallest absolute Gasteiger partial charge is 0.253 e. The third-order valence-electron chi connectivity index (χ3n) is 6.43. The van der Waals surface area contributed by atoms with Gasteiger partial charge in [0.25, 0.3) is 5.91 Å². The van der Waals surface area contributed by atoms with E-state index < -0.39 is 0 Å². The van der Waals surface area contributed by atoms with Gasteiger partial charge in [-0.05, 0) is 31.5 Å². The Kier molecular flexibility index (Phi) is 8.59. The Balaban J connectivity index is 1.44. The van der Waals surface area contributed by atoms with Crippen LogP contribution in [0.5, 0.6) is 0 Å². The van der Waals surface area contributed by atoms with E-state index >= 15 is 0 Å². The van der Waals surface area contributed by atoms with E-state index in [9.17, 15) is 9.59 Å². The highest BCUT2D eigenvalue weighted by Gasteiger charge is 2.23. The zero-order chi connectivity index (χ0) is 25.5. The van der Waals surface area contributed by atoms with E-state index in [1.807, 2.05) is 47.4 Å². The molecule has 1 aromatic heterocycles. The molecule has 0 N–H and O–H groups in total. The summed E-state index contributed by atoms with van der Waals surface area (Å²) in [6, 6.07) is 20.0. The minimum Gasteiger partial charge on any atom is -0.357 e. The molecule has 0 spiro atoms. The summed E-state index contributed by atoms with van der Waals surface area (Å²) < 4.78 is 0. The topological polar surface area (TPSA) is 69.6 Å². The van der Waals surface area contributed by atoms with Gasteiger partial charge in [0.1, 0.15) is 5.82 Å². The molecule has 1 aliphatic heterocycles. The van der Waals surface area contributed by atoms with Gasteiger partial charge in [0.05, 0.1) is 5.69 Å². The highest BCUT2D eigenvalue weighted by Crippen LogP contribution is 2.27. The van der Waals surface area contributed by atoms with E-state index in [0.717, 1.165) is 40.9 Å². The molecule has 2 amide bonds. The Morgan fingerprint density at radius 3 is 2.14 bits per heavy atom. The van der Waals surface area contributed by atoms with Gasteiger partial charge in [-0.1, -0.05) is 54.2 Å². The third kappa shape index (κ3) is 6.23. The van der Waals surface area contributed by atoms with E-state index in [0.29, 0.717) is 37.5 Å². The van der Waals surface area contributed by atoms with Crippen LogP contribution in [0.15, 0.2) is 65.8 Å². The standard InChI is InChI=1S/C28H33N5O2S/c1-4-31(5-2)26-19-25(23-9-7-6-8-10-23)29-28(30-26)36-20-22-11-13-24(14-12-22)27(35)33-17-15-32(16-18-33)21(3)34/h6-14,19H,4-5,15-18,20H2,1-3H3. The molecule has 7 nitrogen and oxygen atoms in total. The lowest BCUT2D eigenvalue weighted by atomic mass is 10.1. The first-order valence-corrected chi connectivity index (χ1v) is 13.4. The molecule has 4 rings (SSSR count). The lowest BCUT2D eigenvalue weighted by molar-refractivity contribution is -0.130. The maximum atomic E-state index is 12.9. The van der Waals surface area contributed by atoms with Crippen LogP contribution in [-0.4, -0.2) is 70.9 Å². The number of carbonyl (C=O) groups excluding carboxylic acids is 2. The largest absolute Gasteiger partial charge is 0.357 e. The van der Waals surface area contributed by atoms with Gasteiger partial charge in [0, 0.05) is 69.1 Å². The molecule has 1 saturated heterocycles. The highest BCUT2D eigenvalue weighted by atomic mass is 32.2. The maximum Gasteiger partial charge on any atom is 0.253 e. The van der Waals surface area contributed by atoms with Crippen LogP contribution in [0.4, 0.5) is 5.82 Å². The zero-order valence-corrected chi connectivity index (χ0v) is 22.0. The molecular formula is C28H33N5O2S. The summed E-state index contributed by atoms with van der Waals surface area (Å²) in [5, 5.41) is 0.738. The molecule has 1 fully saturated rings. The second kappa shape index (κ2) is 12.0. The van der Waals surface area contributed by atoms with Gasteiger partial charge < -0.3 is 14.7 Å². The molecule has 2 heterocycles. The van der Waals surface area contributed by atoms with Crippen LogP contribution < -0.4 is 4.90 Å². The fourth-order valence-electron chi connectivity index (χ4n) is 4.24. The molecule has 0 bridgehead atoms. The zero-order valence-electron chi connectivity index (χ0n) is 21.2. The summed E-state index contributed by atoms with van der Waals surface area (Å²) in [6.45, 7) is 9.91. The van der Waals surface area contributed by atoms with Crippen molar-refractivity contribution >= 4 is 29.4 Å². The fraction of sp³-hybridized carbons (Fsp3) is 0.357. The second-order valence-corrected chi connectivity index (χ2v) is 9.66. The normalized spacial score (nSPS) is 13.5. The predicted molar refractivity (Wildman–Crippen MR) is 145 cm³/mol. The number of benzene rings is 2. The van der Waals surface area contributed by atoms with Gasteiger partial charge in [-0.25, -0.2) is 9.97 Å². The molecule has 8 heteroatoms. The summed E-state index contributed by atoms with van der Waals surface area (Å²) in [4.78, 5) is 39.9. The predicted octanol–water partition coefficient (Wildman–Crippen LogP) is 4.59. The maximum absolute atomic E-state index is 12.9. The van der Waals surface area contributed by atoms with Gasteiger partial charge in [-0.15, -0.1) is 0 Å². The van der Waals surface area contributed by atoms with E-state index in [-0.39, 0.29) is 11.8 Å². The van der Waals surface area contributed by atoms with Crippen LogP contribution in [0.1, 0.15) is 36.7 Å². The highest BCUT2D eigenvalue weighted by molar-refractivity contribution is 7.98. The summed E-state index contributed by atoms with van der Waals surface area (Å²) in [5.41, 5.74) is 3.77. The van der Waals surface area contributed by atoms with Gasteiger partial charge >= 0.3 is 0 Å². The molecule has 2 aromatic carbocycles. The molecule has 0 unspecified atom stereocenters. The van der Waals surface area contributed by atoms with E-state index in [2.05, 4.69) is 36.9 Å². The van der Waals surface area contributed by atoms with Crippen molar-refractivity contribution in [2.45, 2.75) is 31.7 Å². The van der Waals surface area contributed by atoms with E-state index in [4.69, 9.17) is 9.97 Å². The van der Waals surface area contributed by atoms with Crippen molar-refractivity contribution in [2.24, 2.45) is 0 Å². The third-order valence-corrected chi connectivity index (χ3v) is 7.35. The number of carbonyl (C=O) groups is 2. The lowest BCUT2D eigenvalue weighted by Crippen LogP contribution is -2.50. The van der Waals surface area contributed by atoms with Crippen LogP contribution in [-0.2, 0) is 10.5 Å². The van der Waals surface area contributed by atoms with Crippen LogP contribution in [0.3, 0.4) is 0 Å². The van der Waals surface area contributed by atoms with Gasteiger partial charge in [0.2, 0.25) is 5.91 Å². The van der Waals surface area contributed by atoms with Crippen molar-refractivity contribution in [3.63, 3.8) is 0 Å². The first-order valence-electron chi connectivity index (χ1n) is 12.4. The van der Waals surface area contributed by atoms with Crippen molar-refractivity contribution in [3.05, 3.63) is 71.8 Å². The summed E-state index contributed by atoms with van der Waals surface area (Å²) >= 11 is 1.60. The second-order valence-electron chi connectivity index (χ2n) is 8.72. The van der Waals surface area contributed by atoms with Gasteiger partial charge in [-0.2, -0.15) is 0 Å². The SMILES string of the molecule is CCN(CC)c1cc(-c2ccccc2)nc(SCc2ccc(C(=O)N3CCN(C(C)=O)CC3)cc2)n1. The molecule has 36 heavy (non-hydrogen) atoms. The van der Waals surface area contributed by atoms with E-state index in [1.165, 1.54) is 0 Å². The van der Waals surface area contributed by atoms with Crippen LogP contribution in [0.2, 0.25) is 0 Å². The van der Waals surface area contributed by atoms with Crippen molar-refractivity contribution in [1.82, 2.24) is 19.8 Å². The number of aromatic nitrogens is 2. The summed E-state index contributed by atoms with van der Waals surface area (Å²) in [5.74, 6) is 1.72. The first kappa shape index (κ1) is 25.7. The Morgan fingerprint density at radius 2 is 1.53 bits per heavy atom. The number of amides is 2. The Morgan fingerprint density at radius 1 is 0.889 bits per heavy atom. The minimum absolute atomic E-state index is 0.0140. The quantitative estimate of drug-likeness (QED) is 0.331. The van der Waals surface area contributed by atoms with Crippen molar-refractivity contribution in [3.8, 4) is 11.3 Å². The Bertz CT molecular complexity index is 1170. The van der Waals surface area contributed by atoms with Crippen molar-refractivity contribution in [2.75, 3.05) is 44.2 Å². The monoisotopic (exact) mass is 503 g/mol. The van der Waals surface area contributed by atoms with Crippen molar-refractivity contribution in [1.29, 1.82) is 0 Å². The summed E-state index contributed by atoms with van der Waals surface area (Å²) in [6.07, 6.45) is 0. The molecular weight excluding hydrogens is 470 g/mol. The average Bonchev–Trinajstić information content (AvgIpc) is 2.93. The number of piperazine rings is 1. The molecule has 0 saturated carbocycles. The Hall–Kier alpha value is -3.39. The van der Waals surface area contributed by atoms with Crippen LogP contribution >= 0.6 is 11.8 Å². The number of hydrogen-bond acceptors (Lipinski definition) is 6. The number of thioether (sulfide) groups is 1. The minimum atomic E-state index is 0.0140. The average molecular weight is 504 g/mol. The molecule has 188 valence electrons. The number of anilines is 1. The fourth-order valence-corrected chi connectivity index (χ4v) is 5.05. The molecule has 0 radical (unpaired) electrons. The number of rotatable bonds is 8. The number of nitrogens with zero attached hydrogens (tertiary/aromatic N) is 5. The van der Waals surface area contributed by atoms with Gasteiger partial charge in [0.15, 0.2) is 5.16 Å². The Labute approximate surface area is 217 Å². The molecule has 0 atom stereocenters. The lowest BCUT2D eigenvalue weighted by Gasteiger charge is -2.34. The van der Waals surface area contributed by atoms with E-state index in [1.54, 1.807) is 23.6 Å². The van der Waals surface area contributed by atoms with Crippen LogP contribution in [0.25, 0.3) is 11.3 Å². The van der Waals surface area contributed by atoms with Crippen LogP contribution in [0, 0.1) is 0 Å². The van der Waals surface area contributed by atoms with Gasteiger partial charge in [-0.3, -0.25) is 9.59 Å².